The summed E-state index contributed by atoms with van der Waals surface area (Å²) in [4.78, 5) is 14.4. The Morgan fingerprint density at radius 2 is 1.92 bits per heavy atom. The minimum atomic E-state index is -0.490. The Kier molecular flexibility index (Phi) is 5.20. The predicted molar refractivity (Wildman–Crippen MR) is 100 cm³/mol. The molecule has 1 unspecified atom stereocenters. The van der Waals surface area contributed by atoms with Gasteiger partial charge in [0.15, 0.2) is 0 Å². The molecule has 138 valence electrons. The van der Waals surface area contributed by atoms with Crippen molar-refractivity contribution in [1.82, 2.24) is 9.47 Å². The van der Waals surface area contributed by atoms with E-state index in [9.17, 15) is 9.90 Å². The maximum Gasteiger partial charge on any atom is 0.250 e. The van der Waals surface area contributed by atoms with Crippen molar-refractivity contribution in [1.29, 1.82) is 0 Å². The number of piperidine rings is 1. The lowest BCUT2D eigenvalue weighted by molar-refractivity contribution is -0.00248. The first-order valence-corrected chi connectivity index (χ1v) is 9.41. The van der Waals surface area contributed by atoms with Crippen LogP contribution in [-0.4, -0.2) is 46.9 Å². The third-order valence-electron chi connectivity index (χ3n) is 5.45. The highest BCUT2D eigenvalue weighted by Gasteiger charge is 2.34. The summed E-state index contributed by atoms with van der Waals surface area (Å²) in [6, 6.07) is 15.6. The first-order chi connectivity index (χ1) is 12.7. The largest absolute Gasteiger partial charge is 0.389 e. The first kappa shape index (κ1) is 17.5. The van der Waals surface area contributed by atoms with E-state index >= 15 is 0 Å². The number of aromatic nitrogens is 1. The van der Waals surface area contributed by atoms with Crippen molar-refractivity contribution in [3.63, 3.8) is 0 Å². The van der Waals surface area contributed by atoms with Gasteiger partial charge in [-0.05, 0) is 24.0 Å². The van der Waals surface area contributed by atoms with Gasteiger partial charge in [-0.3, -0.25) is 9.69 Å². The molecule has 1 saturated heterocycles. The lowest BCUT2D eigenvalue weighted by Gasteiger charge is -2.43. The van der Waals surface area contributed by atoms with E-state index in [-0.39, 0.29) is 5.56 Å². The normalized spacial score (nSPS) is 23.4. The molecule has 1 aromatic carbocycles. The molecule has 0 radical (unpaired) electrons. The van der Waals surface area contributed by atoms with Gasteiger partial charge in [0.25, 0.3) is 5.56 Å². The van der Waals surface area contributed by atoms with Crippen molar-refractivity contribution < 1.29 is 9.84 Å². The minimum absolute atomic E-state index is 0.111. The molecule has 2 aliphatic heterocycles. The molecule has 4 rings (SSSR count). The Hall–Kier alpha value is -1.95. The van der Waals surface area contributed by atoms with Gasteiger partial charge in [-0.1, -0.05) is 36.4 Å². The van der Waals surface area contributed by atoms with Crippen LogP contribution < -0.4 is 5.56 Å². The average Bonchev–Trinajstić information content (AvgIpc) is 2.63. The molecule has 26 heavy (non-hydrogen) atoms. The summed E-state index contributed by atoms with van der Waals surface area (Å²) in [5, 5.41) is 10.4. The number of ether oxygens (including phenoxy) is 1. The number of hydrogen-bond donors (Lipinski definition) is 1. The zero-order chi connectivity index (χ0) is 17.9. The molecular weight excluding hydrogens is 328 g/mol. The molecular formula is C21H26N2O3. The maximum atomic E-state index is 12.1. The van der Waals surface area contributed by atoms with Crippen molar-refractivity contribution in [3.8, 4) is 0 Å². The number of nitrogens with zero attached hydrogens (tertiary/aromatic N) is 2. The van der Waals surface area contributed by atoms with Gasteiger partial charge in [0, 0.05) is 43.9 Å². The highest BCUT2D eigenvalue weighted by Crippen LogP contribution is 2.34. The van der Waals surface area contributed by atoms with Crippen LogP contribution in [0.2, 0.25) is 0 Å². The van der Waals surface area contributed by atoms with Crippen molar-refractivity contribution in [2.24, 2.45) is 5.92 Å². The monoisotopic (exact) mass is 354 g/mol. The van der Waals surface area contributed by atoms with Crippen molar-refractivity contribution >= 4 is 0 Å². The molecule has 0 saturated carbocycles. The number of aliphatic hydroxyl groups excluding tert-OH is 1. The second-order valence-corrected chi connectivity index (χ2v) is 7.57. The van der Waals surface area contributed by atoms with Crippen LogP contribution >= 0.6 is 0 Å². The fraction of sp³-hybridized carbons (Fsp3) is 0.476. The van der Waals surface area contributed by atoms with E-state index in [0.29, 0.717) is 31.6 Å². The fourth-order valence-corrected chi connectivity index (χ4v) is 4.38. The van der Waals surface area contributed by atoms with E-state index in [4.69, 9.17) is 4.74 Å². The highest BCUT2D eigenvalue weighted by atomic mass is 16.5. The van der Waals surface area contributed by atoms with Crippen molar-refractivity contribution in [2.45, 2.75) is 31.6 Å². The van der Waals surface area contributed by atoms with Gasteiger partial charge in [-0.25, -0.2) is 0 Å². The molecule has 2 aliphatic rings. The SMILES string of the molecule is O=c1cccc2n1C[C@H]1C[C@@H]2CN(CC(O)COCc2ccccc2)C1. The van der Waals surface area contributed by atoms with Crippen LogP contribution in [0, 0.1) is 5.92 Å². The van der Waals surface area contributed by atoms with Gasteiger partial charge >= 0.3 is 0 Å². The summed E-state index contributed by atoms with van der Waals surface area (Å²) in [5.41, 5.74) is 2.38. The smallest absolute Gasteiger partial charge is 0.250 e. The van der Waals surface area contributed by atoms with Crippen LogP contribution in [0.4, 0.5) is 0 Å². The van der Waals surface area contributed by atoms with Crippen LogP contribution in [0.1, 0.15) is 23.6 Å². The molecule has 2 bridgehead atoms. The maximum absolute atomic E-state index is 12.1. The number of likely N-dealkylation sites (tertiary alicyclic amines) is 1. The van der Waals surface area contributed by atoms with Crippen LogP contribution in [0.15, 0.2) is 53.3 Å². The topological polar surface area (TPSA) is 54.7 Å². The Bertz CT molecular complexity index is 789. The van der Waals surface area contributed by atoms with Gasteiger partial charge in [-0.15, -0.1) is 0 Å². The van der Waals surface area contributed by atoms with Crippen molar-refractivity contribution in [3.05, 3.63) is 70.1 Å². The third-order valence-corrected chi connectivity index (χ3v) is 5.45. The van der Waals surface area contributed by atoms with Crippen LogP contribution in [0.5, 0.6) is 0 Å². The molecule has 1 N–H and O–H groups in total. The molecule has 0 spiro atoms. The molecule has 0 amide bonds. The lowest BCUT2D eigenvalue weighted by atomic mass is 9.83. The molecule has 5 heteroatoms. The Morgan fingerprint density at radius 1 is 1.08 bits per heavy atom. The summed E-state index contributed by atoms with van der Waals surface area (Å²) in [7, 11) is 0. The molecule has 3 atom stereocenters. The van der Waals surface area contributed by atoms with Gasteiger partial charge in [-0.2, -0.15) is 0 Å². The second kappa shape index (κ2) is 7.74. The zero-order valence-corrected chi connectivity index (χ0v) is 15.0. The highest BCUT2D eigenvalue weighted by molar-refractivity contribution is 5.17. The van der Waals surface area contributed by atoms with E-state index in [1.165, 1.54) is 0 Å². The average molecular weight is 354 g/mol. The summed E-state index contributed by atoms with van der Waals surface area (Å²) in [6.45, 7) is 4.13. The summed E-state index contributed by atoms with van der Waals surface area (Å²) < 4.78 is 7.61. The molecule has 3 heterocycles. The first-order valence-electron chi connectivity index (χ1n) is 9.41. The molecule has 2 aromatic rings. The number of benzene rings is 1. The van der Waals surface area contributed by atoms with Gasteiger partial charge in [0.05, 0.1) is 19.3 Å². The number of aliphatic hydroxyl groups is 1. The lowest BCUT2D eigenvalue weighted by Crippen LogP contribution is -2.49. The van der Waals surface area contributed by atoms with E-state index in [2.05, 4.69) is 11.0 Å². The van der Waals surface area contributed by atoms with Gasteiger partial charge in [0.2, 0.25) is 0 Å². The number of β-amino-alcohol motifs (C(OH)–C–C–N with tert-alkyl or cyclic N) is 1. The summed E-state index contributed by atoms with van der Waals surface area (Å²) in [6.07, 6.45) is 0.649. The minimum Gasteiger partial charge on any atom is -0.389 e. The van der Waals surface area contributed by atoms with E-state index in [1.54, 1.807) is 6.07 Å². The number of hydrogen-bond acceptors (Lipinski definition) is 4. The van der Waals surface area contributed by atoms with E-state index in [0.717, 1.165) is 37.3 Å². The fourth-order valence-electron chi connectivity index (χ4n) is 4.38. The quantitative estimate of drug-likeness (QED) is 0.860. The summed E-state index contributed by atoms with van der Waals surface area (Å²) >= 11 is 0. The standard InChI is InChI=1S/C21H26N2O3/c24-19(15-26-14-16-5-2-1-3-6-16)13-22-10-17-9-18(12-22)20-7-4-8-21(25)23(20)11-17/h1-8,17-19,24H,9-15H2/t17-,18+,19?/m0/s1. The molecule has 1 aromatic heterocycles. The number of fused-ring (bicyclic) bond motifs is 4. The molecule has 5 nitrogen and oxygen atoms in total. The zero-order valence-electron chi connectivity index (χ0n) is 15.0. The number of pyridine rings is 1. The molecule has 1 fully saturated rings. The molecule has 0 aliphatic carbocycles. The Balaban J connectivity index is 1.30. The van der Waals surface area contributed by atoms with Gasteiger partial charge in [0.1, 0.15) is 0 Å². The van der Waals surface area contributed by atoms with Gasteiger partial charge < -0.3 is 14.4 Å². The third kappa shape index (κ3) is 3.90. The predicted octanol–water partition coefficient (Wildman–Crippen LogP) is 1.85. The van der Waals surface area contributed by atoms with Crippen molar-refractivity contribution in [2.75, 3.05) is 26.2 Å². The summed E-state index contributed by atoms with van der Waals surface area (Å²) in [5.74, 6) is 0.868. The Morgan fingerprint density at radius 3 is 2.77 bits per heavy atom. The van der Waals surface area contributed by atoms with E-state index in [1.807, 2.05) is 41.0 Å². The van der Waals surface area contributed by atoms with E-state index < -0.39 is 6.10 Å². The van der Waals surface area contributed by atoms with Crippen LogP contribution in [0.3, 0.4) is 0 Å². The second-order valence-electron chi connectivity index (χ2n) is 7.57. The van der Waals surface area contributed by atoms with Crippen LogP contribution in [0.25, 0.3) is 0 Å². The van der Waals surface area contributed by atoms with Crippen LogP contribution in [-0.2, 0) is 17.9 Å². The number of rotatable bonds is 6. The Labute approximate surface area is 153 Å².